The Balaban J connectivity index is 1.91. The van der Waals surface area contributed by atoms with Crippen LogP contribution in [0.15, 0.2) is 36.7 Å². The number of nitrogen functional groups attached to an aromatic ring is 1. The average molecular weight is 285 g/mol. The van der Waals surface area contributed by atoms with Gasteiger partial charge in [-0.05, 0) is 5.56 Å². The van der Waals surface area contributed by atoms with Crippen molar-refractivity contribution in [2.24, 2.45) is 0 Å². The lowest BCUT2D eigenvalue weighted by Gasteiger charge is -2.07. The van der Waals surface area contributed by atoms with Crippen LogP contribution in [0.3, 0.4) is 0 Å². The molecule has 108 valence electrons. The van der Waals surface area contributed by atoms with E-state index in [-0.39, 0.29) is 5.95 Å². The number of fused-ring (bicyclic) bond motifs is 1. The number of anilines is 1. The van der Waals surface area contributed by atoms with Gasteiger partial charge in [-0.2, -0.15) is 9.97 Å². The maximum atomic E-state index is 5.73. The minimum absolute atomic E-state index is 0.142. The molecule has 21 heavy (non-hydrogen) atoms. The molecule has 1 aromatic carbocycles. The third-order valence-electron chi connectivity index (χ3n) is 2.94. The number of hydrogen-bond donors (Lipinski definition) is 1. The van der Waals surface area contributed by atoms with Crippen LogP contribution in [-0.2, 0) is 18.1 Å². The molecule has 3 aromatic rings. The Morgan fingerprint density at radius 3 is 2.76 bits per heavy atom. The molecule has 0 aliphatic carbocycles. The number of benzene rings is 1. The topological polar surface area (TPSA) is 88.1 Å². The highest BCUT2D eigenvalue weighted by atomic mass is 16.5. The molecule has 7 nitrogen and oxygen atoms in total. The van der Waals surface area contributed by atoms with Crippen LogP contribution < -0.4 is 10.5 Å². The molecular weight excluding hydrogens is 270 g/mol. The normalized spacial score (nSPS) is 10.9. The zero-order valence-corrected chi connectivity index (χ0v) is 11.6. The van der Waals surface area contributed by atoms with Crippen LogP contribution in [0.4, 0.5) is 5.95 Å². The summed E-state index contributed by atoms with van der Waals surface area (Å²) in [6, 6.07) is 9.82. The van der Waals surface area contributed by atoms with E-state index in [2.05, 4.69) is 15.0 Å². The molecule has 0 radical (unpaired) electrons. The summed E-state index contributed by atoms with van der Waals surface area (Å²) < 4.78 is 12.6. The van der Waals surface area contributed by atoms with Crippen molar-refractivity contribution in [3.05, 3.63) is 42.2 Å². The van der Waals surface area contributed by atoms with Crippen LogP contribution in [0, 0.1) is 0 Å². The Morgan fingerprint density at radius 1 is 1.19 bits per heavy atom. The molecule has 0 atom stereocenters. The second-order valence-corrected chi connectivity index (χ2v) is 4.47. The first kappa shape index (κ1) is 13.3. The van der Waals surface area contributed by atoms with Gasteiger partial charge in [0.25, 0.3) is 0 Å². The lowest BCUT2D eigenvalue weighted by Crippen LogP contribution is -2.05. The predicted molar refractivity (Wildman–Crippen MR) is 77.5 cm³/mol. The Bertz CT molecular complexity index is 742. The van der Waals surface area contributed by atoms with Gasteiger partial charge in [0.1, 0.15) is 13.3 Å². The monoisotopic (exact) mass is 285 g/mol. The third kappa shape index (κ3) is 2.77. The lowest BCUT2D eigenvalue weighted by molar-refractivity contribution is 0.134. The van der Waals surface area contributed by atoms with Crippen molar-refractivity contribution in [1.29, 1.82) is 0 Å². The molecule has 0 amide bonds. The van der Waals surface area contributed by atoms with E-state index in [4.69, 9.17) is 15.2 Å². The first-order valence-electron chi connectivity index (χ1n) is 6.42. The summed E-state index contributed by atoms with van der Waals surface area (Å²) >= 11 is 0. The SMILES string of the molecule is COCn1cnc2c(OCc3ccccc3)nc(N)nc21. The van der Waals surface area contributed by atoms with Crippen LogP contribution >= 0.6 is 0 Å². The molecule has 0 bridgehead atoms. The van der Waals surface area contributed by atoms with Gasteiger partial charge in [-0.1, -0.05) is 30.3 Å². The van der Waals surface area contributed by atoms with Crippen LogP contribution in [-0.4, -0.2) is 26.6 Å². The number of aromatic nitrogens is 4. The first-order chi connectivity index (χ1) is 10.3. The molecule has 0 aliphatic heterocycles. The standard InChI is InChI=1S/C14H15N5O2/c1-20-9-19-8-16-11-12(19)17-14(15)18-13(11)21-7-10-5-3-2-4-6-10/h2-6,8H,7,9H2,1H3,(H2,15,17,18). The number of hydrogen-bond acceptors (Lipinski definition) is 6. The minimum atomic E-state index is 0.142. The maximum Gasteiger partial charge on any atom is 0.247 e. The fraction of sp³-hybridized carbons (Fsp3) is 0.214. The summed E-state index contributed by atoms with van der Waals surface area (Å²) in [5.74, 6) is 0.514. The van der Waals surface area contributed by atoms with Crippen LogP contribution in [0.5, 0.6) is 5.88 Å². The van der Waals surface area contributed by atoms with Crippen LogP contribution in [0.2, 0.25) is 0 Å². The molecule has 0 aliphatic rings. The van der Waals surface area contributed by atoms with Gasteiger partial charge in [0.05, 0.1) is 6.33 Å². The quantitative estimate of drug-likeness (QED) is 0.766. The molecule has 0 spiro atoms. The molecule has 7 heteroatoms. The number of ether oxygens (including phenoxy) is 2. The second kappa shape index (κ2) is 5.76. The van der Waals surface area contributed by atoms with Crippen molar-refractivity contribution in [2.45, 2.75) is 13.3 Å². The van der Waals surface area contributed by atoms with E-state index in [0.29, 0.717) is 30.4 Å². The Labute approximate surface area is 121 Å². The summed E-state index contributed by atoms with van der Waals surface area (Å²) in [5, 5.41) is 0. The van der Waals surface area contributed by atoms with Crippen LogP contribution in [0.1, 0.15) is 5.56 Å². The van der Waals surface area contributed by atoms with E-state index in [9.17, 15) is 0 Å². The molecular formula is C14H15N5O2. The summed E-state index contributed by atoms with van der Waals surface area (Å²) in [6.07, 6.45) is 1.62. The van der Waals surface area contributed by atoms with E-state index < -0.39 is 0 Å². The molecule has 2 heterocycles. The van der Waals surface area contributed by atoms with Gasteiger partial charge in [0.15, 0.2) is 11.2 Å². The molecule has 0 saturated carbocycles. The van der Waals surface area contributed by atoms with Crippen LogP contribution in [0.25, 0.3) is 11.2 Å². The van der Waals surface area contributed by atoms with Crippen molar-refractivity contribution in [2.75, 3.05) is 12.8 Å². The summed E-state index contributed by atoms with van der Waals surface area (Å²) in [6.45, 7) is 0.731. The van der Waals surface area contributed by atoms with Gasteiger partial charge in [0, 0.05) is 7.11 Å². The second-order valence-electron chi connectivity index (χ2n) is 4.47. The lowest BCUT2D eigenvalue weighted by atomic mass is 10.2. The molecule has 0 saturated heterocycles. The van der Waals surface area contributed by atoms with Gasteiger partial charge in [-0.15, -0.1) is 0 Å². The van der Waals surface area contributed by atoms with Gasteiger partial charge in [-0.3, -0.25) is 4.57 Å². The number of nitrogens with zero attached hydrogens (tertiary/aromatic N) is 4. The van der Waals surface area contributed by atoms with Gasteiger partial charge < -0.3 is 15.2 Å². The van der Waals surface area contributed by atoms with Crippen molar-refractivity contribution >= 4 is 17.1 Å². The third-order valence-corrected chi connectivity index (χ3v) is 2.94. The minimum Gasteiger partial charge on any atom is -0.471 e. The molecule has 3 rings (SSSR count). The van der Waals surface area contributed by atoms with E-state index in [1.807, 2.05) is 30.3 Å². The van der Waals surface area contributed by atoms with Crippen molar-refractivity contribution in [3.8, 4) is 5.88 Å². The summed E-state index contributed by atoms with van der Waals surface area (Å²) in [4.78, 5) is 12.6. The van der Waals surface area contributed by atoms with Gasteiger partial charge in [0.2, 0.25) is 11.8 Å². The smallest absolute Gasteiger partial charge is 0.247 e. The van der Waals surface area contributed by atoms with E-state index in [1.54, 1.807) is 18.0 Å². The Kier molecular flexibility index (Phi) is 3.65. The zero-order valence-electron chi connectivity index (χ0n) is 11.6. The predicted octanol–water partition coefficient (Wildman–Crippen LogP) is 1.59. The number of methoxy groups -OCH3 is 1. The fourth-order valence-electron chi connectivity index (χ4n) is 1.99. The van der Waals surface area contributed by atoms with E-state index in [0.717, 1.165) is 5.56 Å². The molecule has 0 fully saturated rings. The highest BCUT2D eigenvalue weighted by Gasteiger charge is 2.13. The number of rotatable bonds is 5. The molecule has 2 aromatic heterocycles. The van der Waals surface area contributed by atoms with E-state index >= 15 is 0 Å². The fourth-order valence-corrected chi connectivity index (χ4v) is 1.99. The van der Waals surface area contributed by atoms with Crippen molar-refractivity contribution in [1.82, 2.24) is 19.5 Å². The first-order valence-corrected chi connectivity index (χ1v) is 6.42. The molecule has 2 N–H and O–H groups in total. The highest BCUT2D eigenvalue weighted by Crippen LogP contribution is 2.22. The zero-order chi connectivity index (χ0) is 14.7. The van der Waals surface area contributed by atoms with Crippen molar-refractivity contribution in [3.63, 3.8) is 0 Å². The summed E-state index contributed by atoms with van der Waals surface area (Å²) in [5.41, 5.74) is 7.93. The van der Waals surface area contributed by atoms with Crippen molar-refractivity contribution < 1.29 is 9.47 Å². The Morgan fingerprint density at radius 2 is 2.00 bits per heavy atom. The Hall–Kier alpha value is -2.67. The highest BCUT2D eigenvalue weighted by molar-refractivity contribution is 5.77. The number of nitrogens with two attached hydrogens (primary N) is 1. The summed E-state index contributed by atoms with van der Waals surface area (Å²) in [7, 11) is 1.60. The van der Waals surface area contributed by atoms with E-state index in [1.165, 1.54) is 0 Å². The molecule has 0 unspecified atom stereocenters. The number of imidazole rings is 1. The van der Waals surface area contributed by atoms with Gasteiger partial charge in [-0.25, -0.2) is 4.98 Å². The average Bonchev–Trinajstić information content (AvgIpc) is 2.89. The largest absolute Gasteiger partial charge is 0.471 e. The maximum absolute atomic E-state index is 5.73. The van der Waals surface area contributed by atoms with Gasteiger partial charge >= 0.3 is 0 Å².